The first-order valence-corrected chi connectivity index (χ1v) is 5.71. The van der Waals surface area contributed by atoms with Crippen molar-refractivity contribution in [3.8, 4) is 0 Å². The zero-order valence-electron chi connectivity index (χ0n) is 10.5. The Morgan fingerprint density at radius 1 is 1.38 bits per heavy atom. The van der Waals surface area contributed by atoms with Crippen LogP contribution in [0.25, 0.3) is 0 Å². The number of hydrogen-bond donors (Lipinski definition) is 1. The molecule has 0 unspecified atom stereocenters. The van der Waals surface area contributed by atoms with Crippen molar-refractivity contribution in [3.63, 3.8) is 0 Å². The molecule has 5 heteroatoms. The summed E-state index contributed by atoms with van der Waals surface area (Å²) in [5, 5.41) is 0. The Morgan fingerprint density at radius 3 is 2.50 bits per heavy atom. The summed E-state index contributed by atoms with van der Waals surface area (Å²) in [6.45, 7) is 10.0. The predicted octanol–water partition coefficient (Wildman–Crippen LogP) is 0.700. The minimum atomic E-state index is -0.221. The van der Waals surface area contributed by atoms with Crippen LogP contribution in [0.5, 0.6) is 0 Å². The Morgan fingerprint density at radius 2 is 2.00 bits per heavy atom. The van der Waals surface area contributed by atoms with Crippen molar-refractivity contribution in [2.45, 2.75) is 32.7 Å². The number of hydrogen-bond acceptors (Lipinski definition) is 3. The molecule has 1 heterocycles. The number of carbonyl (C=O) groups is 1. The maximum atomic E-state index is 11.8. The first-order valence-electron chi connectivity index (χ1n) is 5.71. The molecule has 0 saturated carbocycles. The van der Waals surface area contributed by atoms with Crippen molar-refractivity contribution in [1.82, 2.24) is 9.80 Å². The van der Waals surface area contributed by atoms with Crippen molar-refractivity contribution in [1.29, 1.82) is 0 Å². The standard InChI is InChI=1S/C11H23N3O.ClH/c1-4-14-7-5-6-13(8-10(14)15)9-11(2,3)12;/h4-9,12H2,1-3H3;1H. The van der Waals surface area contributed by atoms with Gasteiger partial charge in [0.25, 0.3) is 0 Å². The summed E-state index contributed by atoms with van der Waals surface area (Å²) in [6, 6.07) is 0. The molecule has 0 aromatic rings. The maximum Gasteiger partial charge on any atom is 0.236 e. The van der Waals surface area contributed by atoms with Crippen molar-refractivity contribution < 1.29 is 4.79 Å². The number of halogens is 1. The van der Waals surface area contributed by atoms with Crippen molar-refractivity contribution >= 4 is 18.3 Å². The Labute approximate surface area is 105 Å². The van der Waals surface area contributed by atoms with Gasteiger partial charge in [0.05, 0.1) is 6.54 Å². The number of carbonyl (C=O) groups excluding carboxylic acids is 1. The second-order valence-corrected chi connectivity index (χ2v) is 5.03. The van der Waals surface area contributed by atoms with Crippen LogP contribution < -0.4 is 5.73 Å². The van der Waals surface area contributed by atoms with Gasteiger partial charge in [0.1, 0.15) is 0 Å². The Bertz CT molecular complexity index is 228. The van der Waals surface area contributed by atoms with Crippen LogP contribution in [-0.2, 0) is 4.79 Å². The minimum absolute atomic E-state index is 0. The molecule has 2 N–H and O–H groups in total. The van der Waals surface area contributed by atoms with Crippen LogP contribution >= 0.6 is 12.4 Å². The van der Waals surface area contributed by atoms with Crippen LogP contribution in [0.2, 0.25) is 0 Å². The van der Waals surface area contributed by atoms with E-state index in [1.165, 1.54) is 0 Å². The fourth-order valence-electron chi connectivity index (χ4n) is 2.03. The van der Waals surface area contributed by atoms with Crippen LogP contribution in [-0.4, -0.2) is 54.0 Å². The van der Waals surface area contributed by atoms with Crippen molar-refractivity contribution in [2.75, 3.05) is 32.7 Å². The van der Waals surface area contributed by atoms with Gasteiger partial charge in [0.15, 0.2) is 0 Å². The second kappa shape index (κ2) is 6.42. The molecule has 1 amide bonds. The average Bonchev–Trinajstić information content (AvgIpc) is 2.24. The van der Waals surface area contributed by atoms with Crippen LogP contribution in [0.3, 0.4) is 0 Å². The number of rotatable bonds is 3. The van der Waals surface area contributed by atoms with E-state index >= 15 is 0 Å². The lowest BCUT2D eigenvalue weighted by molar-refractivity contribution is -0.131. The first kappa shape index (κ1) is 15.7. The summed E-state index contributed by atoms with van der Waals surface area (Å²) >= 11 is 0. The highest BCUT2D eigenvalue weighted by molar-refractivity contribution is 5.85. The lowest BCUT2D eigenvalue weighted by Crippen LogP contribution is -2.47. The molecular weight excluding hydrogens is 226 g/mol. The minimum Gasteiger partial charge on any atom is -0.342 e. The maximum absolute atomic E-state index is 11.8. The van der Waals surface area contributed by atoms with Gasteiger partial charge in [-0.2, -0.15) is 0 Å². The van der Waals surface area contributed by atoms with E-state index in [0.717, 1.165) is 32.6 Å². The number of likely N-dealkylation sites (N-methyl/N-ethyl adjacent to an activating group) is 1. The van der Waals surface area contributed by atoms with Gasteiger partial charge in [-0.3, -0.25) is 9.69 Å². The Balaban J connectivity index is 0.00000225. The third-order valence-corrected chi connectivity index (χ3v) is 2.63. The van der Waals surface area contributed by atoms with Gasteiger partial charge < -0.3 is 10.6 Å². The third-order valence-electron chi connectivity index (χ3n) is 2.63. The van der Waals surface area contributed by atoms with Crippen LogP contribution in [0, 0.1) is 0 Å². The SMILES string of the molecule is CCN1CCCN(CC(C)(C)N)CC1=O.Cl. The third kappa shape index (κ3) is 5.14. The molecule has 1 saturated heterocycles. The van der Waals surface area contributed by atoms with Crippen molar-refractivity contribution in [3.05, 3.63) is 0 Å². The summed E-state index contributed by atoms with van der Waals surface area (Å²) in [7, 11) is 0. The summed E-state index contributed by atoms with van der Waals surface area (Å²) in [5.41, 5.74) is 5.74. The number of amides is 1. The van der Waals surface area contributed by atoms with Crippen LogP contribution in [0.4, 0.5) is 0 Å². The van der Waals surface area contributed by atoms with Gasteiger partial charge in [0, 0.05) is 31.7 Å². The highest BCUT2D eigenvalue weighted by Crippen LogP contribution is 2.08. The molecule has 16 heavy (non-hydrogen) atoms. The van der Waals surface area contributed by atoms with E-state index in [4.69, 9.17) is 5.73 Å². The van der Waals surface area contributed by atoms with Gasteiger partial charge in [-0.1, -0.05) is 0 Å². The lowest BCUT2D eigenvalue weighted by Gasteiger charge is -2.28. The summed E-state index contributed by atoms with van der Waals surface area (Å²) in [4.78, 5) is 15.9. The Hall–Kier alpha value is -0.320. The largest absolute Gasteiger partial charge is 0.342 e. The normalized spacial score (nSPS) is 19.2. The molecule has 4 nitrogen and oxygen atoms in total. The van der Waals surface area contributed by atoms with Gasteiger partial charge in [-0.15, -0.1) is 12.4 Å². The fraction of sp³-hybridized carbons (Fsp3) is 0.909. The Kier molecular flexibility index (Phi) is 6.30. The fourth-order valence-corrected chi connectivity index (χ4v) is 2.03. The van der Waals surface area contributed by atoms with Crippen molar-refractivity contribution in [2.24, 2.45) is 5.73 Å². The van der Waals surface area contributed by atoms with E-state index in [0.29, 0.717) is 6.54 Å². The molecule has 1 aliphatic heterocycles. The number of nitrogens with zero attached hydrogens (tertiary/aromatic N) is 2. The molecule has 0 aliphatic carbocycles. The molecule has 0 aromatic heterocycles. The lowest BCUT2D eigenvalue weighted by atomic mass is 10.1. The highest BCUT2D eigenvalue weighted by atomic mass is 35.5. The van der Waals surface area contributed by atoms with Crippen LogP contribution in [0.1, 0.15) is 27.2 Å². The highest BCUT2D eigenvalue weighted by Gasteiger charge is 2.23. The van der Waals surface area contributed by atoms with Gasteiger partial charge in [-0.25, -0.2) is 0 Å². The van der Waals surface area contributed by atoms with E-state index in [9.17, 15) is 4.79 Å². The molecule has 0 spiro atoms. The van der Waals surface area contributed by atoms with E-state index in [2.05, 4.69) is 4.90 Å². The summed E-state index contributed by atoms with van der Waals surface area (Å²) in [6.07, 6.45) is 1.05. The van der Waals surface area contributed by atoms with Gasteiger partial charge in [-0.05, 0) is 27.2 Å². The monoisotopic (exact) mass is 249 g/mol. The van der Waals surface area contributed by atoms with E-state index < -0.39 is 0 Å². The predicted molar refractivity (Wildman–Crippen MR) is 68.8 cm³/mol. The first-order chi connectivity index (χ1) is 6.92. The second-order valence-electron chi connectivity index (χ2n) is 5.03. The number of nitrogens with two attached hydrogens (primary N) is 1. The molecule has 0 aromatic carbocycles. The zero-order valence-corrected chi connectivity index (χ0v) is 11.3. The average molecular weight is 250 g/mol. The molecule has 1 fully saturated rings. The van der Waals surface area contributed by atoms with E-state index in [1.54, 1.807) is 0 Å². The molecule has 0 atom stereocenters. The van der Waals surface area contributed by atoms with Crippen LogP contribution in [0.15, 0.2) is 0 Å². The zero-order chi connectivity index (χ0) is 11.5. The van der Waals surface area contributed by atoms with Gasteiger partial charge >= 0.3 is 0 Å². The van der Waals surface area contributed by atoms with E-state index in [1.807, 2.05) is 25.7 Å². The molecule has 0 bridgehead atoms. The van der Waals surface area contributed by atoms with Gasteiger partial charge in [0.2, 0.25) is 5.91 Å². The summed E-state index contributed by atoms with van der Waals surface area (Å²) < 4.78 is 0. The molecular formula is C11H24ClN3O. The smallest absolute Gasteiger partial charge is 0.236 e. The molecule has 1 aliphatic rings. The molecule has 1 rings (SSSR count). The van der Waals surface area contributed by atoms with E-state index in [-0.39, 0.29) is 23.9 Å². The topological polar surface area (TPSA) is 49.6 Å². The quantitative estimate of drug-likeness (QED) is 0.801. The molecule has 96 valence electrons. The molecule has 0 radical (unpaired) electrons. The summed E-state index contributed by atoms with van der Waals surface area (Å²) in [5.74, 6) is 0.235.